The van der Waals surface area contributed by atoms with E-state index in [0.717, 1.165) is 51.3 Å². The number of carbonyl (C=O) groups excluding carboxylic acids is 1. The van der Waals surface area contributed by atoms with Crippen LogP contribution in [0.1, 0.15) is 21.7 Å². The van der Waals surface area contributed by atoms with Crippen LogP contribution < -0.4 is 4.90 Å². The van der Waals surface area contributed by atoms with Gasteiger partial charge in [-0.2, -0.15) is 4.37 Å². The Morgan fingerprint density at radius 2 is 1.52 bits per heavy atom. The Morgan fingerprint density at radius 3 is 2.21 bits per heavy atom. The highest BCUT2D eigenvalue weighted by molar-refractivity contribution is 7.09. The third kappa shape index (κ3) is 5.07. The lowest BCUT2D eigenvalue weighted by molar-refractivity contribution is 0.0747. The molecular weight excluding hydrogens is 452 g/mol. The van der Waals surface area contributed by atoms with Crippen molar-refractivity contribution in [2.24, 2.45) is 0 Å². The molecule has 0 saturated carbocycles. The van der Waals surface area contributed by atoms with Crippen molar-refractivity contribution in [3.8, 4) is 11.1 Å². The third-order valence-corrected chi connectivity index (χ3v) is 6.88. The molecule has 2 heterocycles. The molecule has 166 valence electrons. The largest absolute Gasteiger partial charge is 0.343 e. The van der Waals surface area contributed by atoms with Gasteiger partial charge in [0.25, 0.3) is 5.91 Å². The average molecular weight is 475 g/mol. The smallest absolute Gasteiger partial charge is 0.253 e. The summed E-state index contributed by atoms with van der Waals surface area (Å²) in [4.78, 5) is 21.8. The summed E-state index contributed by atoms with van der Waals surface area (Å²) in [6.45, 7) is 2.85. The summed E-state index contributed by atoms with van der Waals surface area (Å²) in [5.74, 6) is 0.893. The maximum Gasteiger partial charge on any atom is 0.253 e. The van der Waals surface area contributed by atoms with Gasteiger partial charge in [0.1, 0.15) is 5.82 Å². The predicted molar refractivity (Wildman–Crippen MR) is 134 cm³/mol. The molecule has 0 bridgehead atoms. The molecule has 5 rings (SSSR count). The zero-order chi connectivity index (χ0) is 22.6. The highest BCUT2D eigenvalue weighted by Crippen LogP contribution is 2.23. The number of anilines is 1. The molecule has 3 aromatic carbocycles. The Kier molecular flexibility index (Phi) is 6.37. The van der Waals surface area contributed by atoms with Crippen LogP contribution >= 0.6 is 23.1 Å². The first-order chi connectivity index (χ1) is 16.2. The number of benzene rings is 3. The van der Waals surface area contributed by atoms with Gasteiger partial charge in [0, 0.05) is 54.7 Å². The molecule has 1 saturated heterocycles. The van der Waals surface area contributed by atoms with Gasteiger partial charge >= 0.3 is 0 Å². The highest BCUT2D eigenvalue weighted by atomic mass is 35.5. The number of amides is 1. The molecule has 0 atom stereocenters. The number of rotatable bonds is 5. The van der Waals surface area contributed by atoms with Crippen molar-refractivity contribution in [1.82, 2.24) is 14.3 Å². The fraction of sp³-hybridized carbons (Fsp3) is 0.192. The van der Waals surface area contributed by atoms with E-state index in [4.69, 9.17) is 16.6 Å². The van der Waals surface area contributed by atoms with Crippen molar-refractivity contribution in [3.63, 3.8) is 0 Å². The van der Waals surface area contributed by atoms with E-state index >= 15 is 0 Å². The van der Waals surface area contributed by atoms with Crippen LogP contribution in [0.4, 0.5) is 5.13 Å². The van der Waals surface area contributed by atoms with Gasteiger partial charge in [0.15, 0.2) is 0 Å². The normalized spacial score (nSPS) is 13.8. The lowest BCUT2D eigenvalue weighted by Crippen LogP contribution is -2.48. The molecule has 0 radical (unpaired) electrons. The molecule has 0 N–H and O–H groups in total. The summed E-state index contributed by atoms with van der Waals surface area (Å²) in [6, 6.07) is 25.8. The van der Waals surface area contributed by atoms with Crippen LogP contribution in [-0.2, 0) is 6.42 Å². The van der Waals surface area contributed by atoms with Gasteiger partial charge in [-0.1, -0.05) is 66.2 Å². The van der Waals surface area contributed by atoms with Gasteiger partial charge in [-0.3, -0.25) is 4.79 Å². The van der Waals surface area contributed by atoms with Gasteiger partial charge in [-0.05, 0) is 41.0 Å². The van der Waals surface area contributed by atoms with Crippen molar-refractivity contribution in [2.75, 3.05) is 31.1 Å². The Morgan fingerprint density at radius 1 is 0.848 bits per heavy atom. The predicted octanol–water partition coefficient (Wildman–Crippen LogP) is 5.41. The van der Waals surface area contributed by atoms with Crippen LogP contribution in [0.15, 0.2) is 78.9 Å². The SMILES string of the molecule is O=C(c1ccc(-c2ccccc2)cc1)N1CCN(c2nc(Cc3ccc(Cl)cc3)ns2)CC1. The van der Waals surface area contributed by atoms with Crippen LogP contribution in [0.5, 0.6) is 0 Å². The van der Waals surface area contributed by atoms with Crippen LogP contribution in [0, 0.1) is 0 Å². The second-order valence-corrected chi connectivity index (χ2v) is 9.19. The second kappa shape index (κ2) is 9.73. The highest BCUT2D eigenvalue weighted by Gasteiger charge is 2.24. The minimum Gasteiger partial charge on any atom is -0.343 e. The molecule has 1 aromatic heterocycles. The summed E-state index contributed by atoms with van der Waals surface area (Å²) in [5.41, 5.74) is 4.13. The molecule has 1 aliphatic rings. The summed E-state index contributed by atoms with van der Waals surface area (Å²) in [6.07, 6.45) is 0.686. The standard InChI is InChI=1S/C26H23ClN4OS/c27-23-12-6-19(7-13-23)18-24-28-26(33-29-24)31-16-14-30(15-17-31)25(32)22-10-8-21(9-11-22)20-4-2-1-3-5-20/h1-13H,14-18H2. The Labute approximate surface area is 202 Å². The molecule has 4 aromatic rings. The van der Waals surface area contributed by atoms with E-state index in [0.29, 0.717) is 19.5 Å². The first-order valence-electron chi connectivity index (χ1n) is 10.9. The number of hydrogen-bond donors (Lipinski definition) is 0. The molecule has 33 heavy (non-hydrogen) atoms. The number of carbonyl (C=O) groups is 1. The zero-order valence-corrected chi connectivity index (χ0v) is 19.6. The first-order valence-corrected chi connectivity index (χ1v) is 12.1. The summed E-state index contributed by atoms with van der Waals surface area (Å²) >= 11 is 7.38. The monoisotopic (exact) mass is 474 g/mol. The van der Waals surface area contributed by atoms with Crippen LogP contribution in [0.3, 0.4) is 0 Å². The Bertz CT molecular complexity index is 1220. The van der Waals surface area contributed by atoms with E-state index in [-0.39, 0.29) is 5.91 Å². The fourth-order valence-corrected chi connectivity index (χ4v) is 4.81. The van der Waals surface area contributed by atoms with Gasteiger partial charge in [-0.15, -0.1) is 0 Å². The molecule has 1 fully saturated rings. The maximum absolute atomic E-state index is 13.0. The third-order valence-electron chi connectivity index (χ3n) is 5.81. The van der Waals surface area contributed by atoms with Gasteiger partial charge in [0.2, 0.25) is 5.13 Å². The molecule has 7 heteroatoms. The van der Waals surface area contributed by atoms with Crippen LogP contribution in [-0.4, -0.2) is 46.3 Å². The summed E-state index contributed by atoms with van der Waals surface area (Å²) in [7, 11) is 0. The van der Waals surface area contributed by atoms with Crippen molar-refractivity contribution in [3.05, 3.63) is 101 Å². The molecule has 0 aliphatic carbocycles. The van der Waals surface area contributed by atoms with Crippen LogP contribution in [0.25, 0.3) is 11.1 Å². The number of piperazine rings is 1. The van der Waals surface area contributed by atoms with Crippen molar-refractivity contribution < 1.29 is 4.79 Å². The van der Waals surface area contributed by atoms with Crippen molar-refractivity contribution in [1.29, 1.82) is 0 Å². The van der Waals surface area contributed by atoms with E-state index in [1.807, 2.05) is 71.6 Å². The summed E-state index contributed by atoms with van der Waals surface area (Å²) in [5, 5.41) is 1.64. The minimum absolute atomic E-state index is 0.0787. The zero-order valence-electron chi connectivity index (χ0n) is 18.0. The lowest BCUT2D eigenvalue weighted by atomic mass is 10.0. The molecular formula is C26H23ClN4OS. The summed E-state index contributed by atoms with van der Waals surface area (Å²) < 4.78 is 4.52. The first kappa shape index (κ1) is 21.6. The second-order valence-electron chi connectivity index (χ2n) is 8.02. The van der Waals surface area contributed by atoms with Gasteiger partial charge < -0.3 is 9.80 Å². The quantitative estimate of drug-likeness (QED) is 0.388. The molecule has 0 unspecified atom stereocenters. The lowest BCUT2D eigenvalue weighted by Gasteiger charge is -2.34. The molecule has 1 amide bonds. The van der Waals surface area contributed by atoms with E-state index < -0.39 is 0 Å². The van der Waals surface area contributed by atoms with Gasteiger partial charge in [-0.25, -0.2) is 4.98 Å². The number of halogens is 1. The number of aromatic nitrogens is 2. The van der Waals surface area contributed by atoms with E-state index in [1.54, 1.807) is 0 Å². The Hall–Kier alpha value is -3.22. The number of nitrogens with zero attached hydrogens (tertiary/aromatic N) is 4. The topological polar surface area (TPSA) is 49.3 Å². The van der Waals surface area contributed by atoms with Gasteiger partial charge in [0.05, 0.1) is 0 Å². The van der Waals surface area contributed by atoms with E-state index in [1.165, 1.54) is 11.5 Å². The molecule has 1 aliphatic heterocycles. The molecule has 0 spiro atoms. The molecule has 5 nitrogen and oxygen atoms in total. The maximum atomic E-state index is 13.0. The van der Waals surface area contributed by atoms with Crippen molar-refractivity contribution >= 4 is 34.2 Å². The minimum atomic E-state index is 0.0787. The van der Waals surface area contributed by atoms with Crippen molar-refractivity contribution in [2.45, 2.75) is 6.42 Å². The van der Waals surface area contributed by atoms with E-state index in [2.05, 4.69) is 21.4 Å². The number of hydrogen-bond acceptors (Lipinski definition) is 5. The average Bonchev–Trinajstić information content (AvgIpc) is 3.34. The fourth-order valence-electron chi connectivity index (χ4n) is 3.95. The Balaban J connectivity index is 1.17. The van der Waals surface area contributed by atoms with Crippen LogP contribution in [0.2, 0.25) is 5.02 Å². The van der Waals surface area contributed by atoms with E-state index in [9.17, 15) is 4.79 Å².